The fraction of sp³-hybridized carbons (Fsp3) is 0.462. The van der Waals surface area contributed by atoms with Crippen LogP contribution < -0.4 is 4.74 Å². The molecule has 0 amide bonds. The zero-order valence-electron chi connectivity index (χ0n) is 19.8. The van der Waals surface area contributed by atoms with Gasteiger partial charge in [0.2, 0.25) is 0 Å². The molecule has 0 spiro atoms. The maximum absolute atomic E-state index is 13.2. The summed E-state index contributed by atoms with van der Waals surface area (Å²) in [4.78, 5) is 26.1. The Hall–Kier alpha value is -2.82. The molecule has 0 fully saturated rings. The third kappa shape index (κ3) is 4.18. The minimum absolute atomic E-state index is 0.168. The summed E-state index contributed by atoms with van der Waals surface area (Å²) >= 11 is 0. The molecule has 0 aliphatic heterocycles. The SMILES string of the molecule is Cc1cc(O)c(C)c(C)c1C(=O)Oc1c(C)c(C)c(C(=O)OC(C)(C)C)c2c1CCC2. The molecule has 166 valence electrons. The van der Waals surface area contributed by atoms with Gasteiger partial charge in [-0.2, -0.15) is 0 Å². The molecule has 31 heavy (non-hydrogen) atoms. The van der Waals surface area contributed by atoms with Gasteiger partial charge < -0.3 is 14.6 Å². The monoisotopic (exact) mass is 424 g/mol. The van der Waals surface area contributed by atoms with Crippen LogP contribution in [0.15, 0.2) is 6.07 Å². The van der Waals surface area contributed by atoms with Crippen molar-refractivity contribution < 1.29 is 24.2 Å². The Labute approximate surface area is 184 Å². The van der Waals surface area contributed by atoms with Crippen molar-refractivity contribution in [3.8, 4) is 11.5 Å². The van der Waals surface area contributed by atoms with Crippen molar-refractivity contribution in [3.05, 3.63) is 56.1 Å². The Bertz CT molecular complexity index is 1090. The summed E-state index contributed by atoms with van der Waals surface area (Å²) in [5.74, 6) is -0.0577. The van der Waals surface area contributed by atoms with Crippen LogP contribution >= 0.6 is 0 Å². The molecule has 0 bridgehead atoms. The first kappa shape index (κ1) is 22.9. The molecule has 0 heterocycles. The molecule has 0 radical (unpaired) electrons. The number of ether oxygens (including phenoxy) is 2. The number of aromatic hydroxyl groups is 1. The molecule has 0 aromatic heterocycles. The molecule has 1 aliphatic carbocycles. The van der Waals surface area contributed by atoms with E-state index in [1.807, 2.05) is 41.5 Å². The smallest absolute Gasteiger partial charge is 0.344 e. The first-order chi connectivity index (χ1) is 14.3. The summed E-state index contributed by atoms with van der Waals surface area (Å²) < 4.78 is 11.6. The molecule has 1 N–H and O–H groups in total. The van der Waals surface area contributed by atoms with Gasteiger partial charge in [0.15, 0.2) is 0 Å². The van der Waals surface area contributed by atoms with E-state index in [0.29, 0.717) is 33.6 Å². The van der Waals surface area contributed by atoms with Crippen LogP contribution in [0.3, 0.4) is 0 Å². The van der Waals surface area contributed by atoms with Crippen molar-refractivity contribution in [3.63, 3.8) is 0 Å². The summed E-state index contributed by atoms with van der Waals surface area (Å²) in [5.41, 5.74) is 5.94. The second-order valence-electron chi connectivity index (χ2n) is 9.49. The topological polar surface area (TPSA) is 72.8 Å². The fourth-order valence-corrected chi connectivity index (χ4v) is 4.34. The van der Waals surface area contributed by atoms with Gasteiger partial charge in [0.25, 0.3) is 0 Å². The average Bonchev–Trinajstić information content (AvgIpc) is 3.11. The van der Waals surface area contributed by atoms with Gasteiger partial charge in [-0.15, -0.1) is 0 Å². The van der Waals surface area contributed by atoms with Crippen molar-refractivity contribution in [2.24, 2.45) is 0 Å². The first-order valence-corrected chi connectivity index (χ1v) is 10.7. The van der Waals surface area contributed by atoms with Crippen LogP contribution in [-0.2, 0) is 17.6 Å². The summed E-state index contributed by atoms with van der Waals surface area (Å²) in [6, 6.07) is 1.59. The summed E-state index contributed by atoms with van der Waals surface area (Å²) in [7, 11) is 0. The molecular formula is C26H32O5. The molecule has 0 saturated heterocycles. The summed E-state index contributed by atoms with van der Waals surface area (Å²) in [6.07, 6.45) is 2.41. The molecule has 0 saturated carbocycles. The number of fused-ring (bicyclic) bond motifs is 1. The largest absolute Gasteiger partial charge is 0.508 e. The Kier molecular flexibility index (Phi) is 5.92. The van der Waals surface area contributed by atoms with Crippen LogP contribution in [0.2, 0.25) is 0 Å². The van der Waals surface area contributed by atoms with E-state index < -0.39 is 11.6 Å². The average molecular weight is 425 g/mol. The minimum atomic E-state index is -0.583. The van der Waals surface area contributed by atoms with Crippen molar-refractivity contribution in [2.45, 2.75) is 80.3 Å². The predicted molar refractivity (Wildman–Crippen MR) is 120 cm³/mol. The minimum Gasteiger partial charge on any atom is -0.508 e. The Morgan fingerprint density at radius 2 is 1.42 bits per heavy atom. The van der Waals surface area contributed by atoms with Crippen LogP contribution in [0.4, 0.5) is 0 Å². The van der Waals surface area contributed by atoms with Gasteiger partial charge in [0, 0.05) is 0 Å². The van der Waals surface area contributed by atoms with E-state index in [-0.39, 0.29) is 11.7 Å². The molecule has 2 aromatic rings. The highest BCUT2D eigenvalue weighted by Gasteiger charge is 2.31. The zero-order chi connectivity index (χ0) is 23.2. The number of rotatable bonds is 3. The van der Waals surface area contributed by atoms with Crippen LogP contribution in [-0.4, -0.2) is 22.6 Å². The molecular weight excluding hydrogens is 392 g/mol. The number of hydrogen-bond donors (Lipinski definition) is 1. The molecule has 0 atom stereocenters. The van der Waals surface area contributed by atoms with Crippen molar-refractivity contribution in [2.75, 3.05) is 0 Å². The van der Waals surface area contributed by atoms with Crippen molar-refractivity contribution in [1.29, 1.82) is 0 Å². The quantitative estimate of drug-likeness (QED) is 0.513. The van der Waals surface area contributed by atoms with E-state index in [4.69, 9.17) is 9.47 Å². The van der Waals surface area contributed by atoms with E-state index in [2.05, 4.69) is 0 Å². The Morgan fingerprint density at radius 1 is 0.839 bits per heavy atom. The van der Waals surface area contributed by atoms with E-state index >= 15 is 0 Å². The van der Waals surface area contributed by atoms with Gasteiger partial charge in [0.05, 0.1) is 11.1 Å². The lowest BCUT2D eigenvalue weighted by molar-refractivity contribution is 0.00674. The molecule has 1 aliphatic rings. The molecule has 0 unspecified atom stereocenters. The molecule has 2 aromatic carbocycles. The van der Waals surface area contributed by atoms with Gasteiger partial charge in [0.1, 0.15) is 17.1 Å². The van der Waals surface area contributed by atoms with E-state index in [9.17, 15) is 14.7 Å². The van der Waals surface area contributed by atoms with E-state index in [1.165, 1.54) is 0 Å². The zero-order valence-corrected chi connectivity index (χ0v) is 19.8. The van der Waals surface area contributed by atoms with Crippen molar-refractivity contribution in [1.82, 2.24) is 0 Å². The second kappa shape index (κ2) is 8.03. The third-order valence-corrected chi connectivity index (χ3v) is 6.14. The Balaban J connectivity index is 2.08. The second-order valence-corrected chi connectivity index (χ2v) is 9.49. The third-order valence-electron chi connectivity index (χ3n) is 6.14. The van der Waals surface area contributed by atoms with Gasteiger partial charge in [-0.3, -0.25) is 0 Å². The summed E-state index contributed by atoms with van der Waals surface area (Å²) in [6.45, 7) is 14.7. The standard InChI is InChI=1S/C26H32O5/c1-13-12-20(27)14(2)15(3)21(13)24(28)30-23-17(5)16(4)22(18-10-9-11-19(18)23)25(29)31-26(6,7)8/h12,27H,9-11H2,1-8H3. The lowest BCUT2D eigenvalue weighted by atomic mass is 9.92. The van der Waals surface area contributed by atoms with Crippen molar-refractivity contribution >= 4 is 11.9 Å². The normalized spacial score (nSPS) is 13.2. The van der Waals surface area contributed by atoms with Crippen LogP contribution in [0.5, 0.6) is 11.5 Å². The number of hydrogen-bond acceptors (Lipinski definition) is 5. The van der Waals surface area contributed by atoms with Gasteiger partial charge in [-0.25, -0.2) is 9.59 Å². The van der Waals surface area contributed by atoms with Gasteiger partial charge in [-0.1, -0.05) is 0 Å². The van der Waals surface area contributed by atoms with Crippen LogP contribution in [0, 0.1) is 34.6 Å². The Morgan fingerprint density at radius 3 is 2.03 bits per heavy atom. The number of benzene rings is 2. The number of phenols is 1. The number of carbonyl (C=O) groups is 2. The number of esters is 2. The summed E-state index contributed by atoms with van der Waals surface area (Å²) in [5, 5.41) is 10.1. The molecule has 5 heteroatoms. The fourth-order valence-electron chi connectivity index (χ4n) is 4.34. The first-order valence-electron chi connectivity index (χ1n) is 10.7. The highest BCUT2D eigenvalue weighted by molar-refractivity contribution is 5.97. The van der Waals surface area contributed by atoms with Crippen LogP contribution in [0.25, 0.3) is 0 Å². The van der Waals surface area contributed by atoms with Gasteiger partial charge >= 0.3 is 11.9 Å². The predicted octanol–water partition coefficient (Wildman–Crippen LogP) is 5.60. The molecule has 3 rings (SSSR count). The van der Waals surface area contributed by atoms with Crippen LogP contribution in [0.1, 0.15) is 86.9 Å². The number of phenolic OH excluding ortho intramolecular Hbond substituents is 1. The maximum Gasteiger partial charge on any atom is 0.344 e. The van der Waals surface area contributed by atoms with Gasteiger partial charge in [-0.05, 0) is 120 Å². The lowest BCUT2D eigenvalue weighted by Gasteiger charge is -2.24. The number of aryl methyl sites for hydroxylation is 1. The lowest BCUT2D eigenvalue weighted by Crippen LogP contribution is -2.25. The number of carbonyl (C=O) groups excluding carboxylic acids is 2. The highest BCUT2D eigenvalue weighted by Crippen LogP contribution is 2.40. The maximum atomic E-state index is 13.2. The van der Waals surface area contributed by atoms with E-state index in [0.717, 1.165) is 41.5 Å². The van der Waals surface area contributed by atoms with E-state index in [1.54, 1.807) is 19.9 Å². The molecule has 5 nitrogen and oxygen atoms in total. The highest BCUT2D eigenvalue weighted by atomic mass is 16.6.